The second-order valence-electron chi connectivity index (χ2n) is 12.2. The molecule has 166 valence electrons. The molecule has 4 aliphatic carbocycles. The smallest absolute Gasteiger partial charge is 0.172 e. The standard InChI is InChI=1S/C27H40O3/c1-16-7-12-27(29-15-16)17(2)24-23(30-27)14-22-20-6-5-18-13-19(28)8-10-25(18,3)21(20)9-11-26(22,24)4/h5,14,16-17,19-21,23-24,28H,6-13,15H2,1-4H3/t16-,17+,19+,20-,21+,23+,24+,25+,26+,27-/m1/s1. The van der Waals surface area contributed by atoms with Crippen molar-refractivity contribution < 1.29 is 14.6 Å². The highest BCUT2D eigenvalue weighted by atomic mass is 16.7. The Bertz CT molecular complexity index is 790. The van der Waals surface area contributed by atoms with Gasteiger partial charge in [-0.1, -0.05) is 51.0 Å². The van der Waals surface area contributed by atoms with Crippen LogP contribution in [0.1, 0.15) is 79.1 Å². The van der Waals surface area contributed by atoms with Gasteiger partial charge in [-0.25, -0.2) is 0 Å². The van der Waals surface area contributed by atoms with Crippen LogP contribution in [0.3, 0.4) is 0 Å². The van der Waals surface area contributed by atoms with E-state index in [9.17, 15) is 5.11 Å². The van der Waals surface area contributed by atoms with E-state index in [0.29, 0.717) is 29.1 Å². The number of hydrogen-bond acceptors (Lipinski definition) is 3. The normalized spacial score (nSPS) is 57.2. The first-order valence-corrected chi connectivity index (χ1v) is 12.7. The third-order valence-corrected chi connectivity index (χ3v) is 10.7. The van der Waals surface area contributed by atoms with E-state index in [1.54, 1.807) is 11.1 Å². The number of rotatable bonds is 0. The summed E-state index contributed by atoms with van der Waals surface area (Å²) in [5.41, 5.74) is 3.82. The highest BCUT2D eigenvalue weighted by Gasteiger charge is 2.65. The first kappa shape index (κ1) is 20.0. The van der Waals surface area contributed by atoms with E-state index in [2.05, 4.69) is 39.8 Å². The number of hydrogen-bond donors (Lipinski definition) is 1. The Morgan fingerprint density at radius 3 is 2.60 bits per heavy atom. The number of fused-ring (bicyclic) bond motifs is 7. The first-order valence-electron chi connectivity index (χ1n) is 12.7. The van der Waals surface area contributed by atoms with Crippen LogP contribution < -0.4 is 0 Å². The second-order valence-corrected chi connectivity index (χ2v) is 12.2. The maximum absolute atomic E-state index is 10.2. The molecule has 3 heteroatoms. The number of ether oxygens (including phenoxy) is 2. The van der Waals surface area contributed by atoms with E-state index >= 15 is 0 Å². The maximum atomic E-state index is 10.2. The molecule has 6 rings (SSSR count). The summed E-state index contributed by atoms with van der Waals surface area (Å²) in [5, 5.41) is 10.2. The fourth-order valence-electron chi connectivity index (χ4n) is 8.93. The summed E-state index contributed by atoms with van der Waals surface area (Å²) in [7, 11) is 0. The van der Waals surface area contributed by atoms with Crippen LogP contribution in [0.2, 0.25) is 0 Å². The molecule has 2 saturated carbocycles. The van der Waals surface area contributed by atoms with Gasteiger partial charge in [-0.2, -0.15) is 0 Å². The van der Waals surface area contributed by atoms with Crippen molar-refractivity contribution in [3.8, 4) is 0 Å². The molecule has 0 radical (unpaired) electrons. The fourth-order valence-corrected chi connectivity index (χ4v) is 8.93. The minimum Gasteiger partial charge on any atom is -0.393 e. The van der Waals surface area contributed by atoms with Gasteiger partial charge in [0.05, 0.1) is 18.8 Å². The first-order chi connectivity index (χ1) is 14.3. The second kappa shape index (κ2) is 6.45. The lowest BCUT2D eigenvalue weighted by Crippen LogP contribution is -2.50. The van der Waals surface area contributed by atoms with Crippen molar-refractivity contribution >= 4 is 0 Å². The Hall–Kier alpha value is -0.640. The summed E-state index contributed by atoms with van der Waals surface area (Å²) in [6.07, 6.45) is 14.3. The third kappa shape index (κ3) is 2.49. The fraction of sp³-hybridized carbons (Fsp3) is 0.852. The van der Waals surface area contributed by atoms with Crippen LogP contribution in [0.25, 0.3) is 0 Å². The number of aliphatic hydroxyl groups excluding tert-OH is 1. The molecule has 0 aromatic heterocycles. The quantitative estimate of drug-likeness (QED) is 0.524. The van der Waals surface area contributed by atoms with E-state index in [4.69, 9.17) is 9.47 Å². The van der Waals surface area contributed by atoms with E-state index in [0.717, 1.165) is 44.6 Å². The Morgan fingerprint density at radius 1 is 1.03 bits per heavy atom. The number of allylic oxidation sites excluding steroid dienone is 2. The monoisotopic (exact) mass is 412 g/mol. The van der Waals surface area contributed by atoms with Crippen molar-refractivity contribution in [3.63, 3.8) is 0 Å². The Morgan fingerprint density at radius 2 is 1.83 bits per heavy atom. The molecule has 0 aromatic rings. The van der Waals surface area contributed by atoms with Crippen LogP contribution in [0.15, 0.2) is 23.3 Å². The Labute approximate surface area is 182 Å². The molecular formula is C27H40O3. The highest BCUT2D eigenvalue weighted by Crippen LogP contribution is 2.68. The van der Waals surface area contributed by atoms with Gasteiger partial charge in [-0.15, -0.1) is 0 Å². The molecule has 6 aliphatic rings. The van der Waals surface area contributed by atoms with Crippen molar-refractivity contribution in [1.29, 1.82) is 0 Å². The van der Waals surface area contributed by atoms with Gasteiger partial charge >= 0.3 is 0 Å². The SMILES string of the molecule is C[C@@H]1CC[C@@]2(OC1)O[C@H]1C=C3[C@@H]4CC=C5C[C@@H](O)CC[C@]5(C)[C@H]4CC[C@]3(C)[C@H]1[C@@H]2C. The molecule has 3 nitrogen and oxygen atoms in total. The number of aliphatic hydroxyl groups is 1. The lowest BCUT2D eigenvalue weighted by atomic mass is 9.48. The summed E-state index contributed by atoms with van der Waals surface area (Å²) >= 11 is 0. The van der Waals surface area contributed by atoms with Gasteiger partial charge in [0.1, 0.15) is 0 Å². The molecule has 2 aliphatic heterocycles. The van der Waals surface area contributed by atoms with E-state index < -0.39 is 0 Å². The lowest BCUT2D eigenvalue weighted by molar-refractivity contribution is -0.265. The lowest BCUT2D eigenvalue weighted by Gasteiger charge is -2.56. The van der Waals surface area contributed by atoms with E-state index in [1.165, 1.54) is 19.3 Å². The van der Waals surface area contributed by atoms with Crippen molar-refractivity contribution in [2.45, 2.75) is 97.1 Å². The average Bonchev–Trinajstić information content (AvgIpc) is 3.16. The van der Waals surface area contributed by atoms with Gasteiger partial charge in [0.25, 0.3) is 0 Å². The molecule has 0 bridgehead atoms. The molecule has 1 N–H and O–H groups in total. The van der Waals surface area contributed by atoms with Crippen LogP contribution in [0.5, 0.6) is 0 Å². The molecule has 10 atom stereocenters. The van der Waals surface area contributed by atoms with Crippen molar-refractivity contribution in [2.24, 2.45) is 40.4 Å². The minimum absolute atomic E-state index is 0.122. The molecule has 4 fully saturated rings. The Balaban J connectivity index is 1.32. The van der Waals surface area contributed by atoms with Gasteiger partial charge in [-0.3, -0.25) is 0 Å². The zero-order valence-corrected chi connectivity index (χ0v) is 19.3. The average molecular weight is 413 g/mol. The predicted molar refractivity (Wildman–Crippen MR) is 118 cm³/mol. The van der Waals surface area contributed by atoms with Crippen LogP contribution in [0.4, 0.5) is 0 Å². The van der Waals surface area contributed by atoms with Crippen LogP contribution in [-0.4, -0.2) is 29.7 Å². The van der Waals surface area contributed by atoms with Crippen molar-refractivity contribution in [2.75, 3.05) is 6.61 Å². The predicted octanol–water partition coefficient (Wildman–Crippen LogP) is 5.63. The molecule has 30 heavy (non-hydrogen) atoms. The van der Waals surface area contributed by atoms with Gasteiger partial charge in [-0.05, 0) is 73.5 Å². The van der Waals surface area contributed by atoms with E-state index in [-0.39, 0.29) is 23.4 Å². The summed E-state index contributed by atoms with van der Waals surface area (Å²) in [5.74, 6) is 2.74. The maximum Gasteiger partial charge on any atom is 0.172 e. The van der Waals surface area contributed by atoms with Gasteiger partial charge in [0.15, 0.2) is 5.79 Å². The molecule has 0 aromatic carbocycles. The van der Waals surface area contributed by atoms with Crippen molar-refractivity contribution in [1.82, 2.24) is 0 Å². The summed E-state index contributed by atoms with van der Waals surface area (Å²) < 4.78 is 13.2. The van der Waals surface area contributed by atoms with E-state index in [1.807, 2.05) is 0 Å². The van der Waals surface area contributed by atoms with Crippen molar-refractivity contribution in [3.05, 3.63) is 23.3 Å². The summed E-state index contributed by atoms with van der Waals surface area (Å²) in [6.45, 7) is 10.6. The topological polar surface area (TPSA) is 38.7 Å². The van der Waals surface area contributed by atoms with Crippen LogP contribution in [0, 0.1) is 40.4 Å². The molecule has 2 saturated heterocycles. The zero-order valence-electron chi connectivity index (χ0n) is 19.3. The highest BCUT2D eigenvalue weighted by molar-refractivity contribution is 5.37. The molecular weight excluding hydrogens is 372 g/mol. The third-order valence-electron chi connectivity index (χ3n) is 10.7. The molecule has 1 spiro atoms. The Kier molecular flexibility index (Phi) is 4.30. The molecule has 2 heterocycles. The zero-order chi connectivity index (χ0) is 20.9. The summed E-state index contributed by atoms with van der Waals surface area (Å²) in [6, 6.07) is 0. The minimum atomic E-state index is -0.338. The molecule has 0 amide bonds. The summed E-state index contributed by atoms with van der Waals surface area (Å²) in [4.78, 5) is 0. The molecule has 0 unspecified atom stereocenters. The van der Waals surface area contributed by atoms with Crippen LogP contribution >= 0.6 is 0 Å². The van der Waals surface area contributed by atoms with Gasteiger partial charge < -0.3 is 14.6 Å². The van der Waals surface area contributed by atoms with Crippen LogP contribution in [-0.2, 0) is 9.47 Å². The largest absolute Gasteiger partial charge is 0.393 e. The van der Waals surface area contributed by atoms with Gasteiger partial charge in [0.2, 0.25) is 0 Å². The van der Waals surface area contributed by atoms with Gasteiger partial charge in [0, 0.05) is 18.3 Å².